The summed E-state index contributed by atoms with van der Waals surface area (Å²) in [6.07, 6.45) is 6.24. The van der Waals surface area contributed by atoms with Gasteiger partial charge in [0, 0.05) is 56.4 Å². The monoisotopic (exact) mass is 381 g/mol. The van der Waals surface area contributed by atoms with E-state index in [4.69, 9.17) is 0 Å². The fraction of sp³-hybridized carbons (Fsp3) is 0.565. The van der Waals surface area contributed by atoms with E-state index in [0.29, 0.717) is 18.4 Å². The highest BCUT2D eigenvalue weighted by molar-refractivity contribution is 5.97. The molecule has 4 fully saturated rings. The van der Waals surface area contributed by atoms with E-state index in [1.54, 1.807) is 0 Å². The van der Waals surface area contributed by atoms with Crippen molar-refractivity contribution in [2.24, 2.45) is 5.92 Å². The second-order valence-corrected chi connectivity index (χ2v) is 8.74. The molecule has 5 heteroatoms. The van der Waals surface area contributed by atoms with Crippen molar-refractivity contribution in [3.8, 4) is 0 Å². The van der Waals surface area contributed by atoms with Gasteiger partial charge in [-0.25, -0.2) is 0 Å². The van der Waals surface area contributed by atoms with Gasteiger partial charge in [0.15, 0.2) is 0 Å². The summed E-state index contributed by atoms with van der Waals surface area (Å²) in [6, 6.07) is 8.07. The van der Waals surface area contributed by atoms with E-state index in [9.17, 15) is 9.59 Å². The Kier molecular flexibility index (Phi) is 5.54. The smallest absolute Gasteiger partial charge is 0.253 e. The van der Waals surface area contributed by atoms with Crippen molar-refractivity contribution < 1.29 is 9.59 Å². The fourth-order valence-corrected chi connectivity index (χ4v) is 4.76. The molecule has 0 unspecified atom stereocenters. The lowest BCUT2D eigenvalue weighted by molar-refractivity contribution is -0.117. The van der Waals surface area contributed by atoms with Gasteiger partial charge in [-0.2, -0.15) is 0 Å². The number of hydrogen-bond acceptors (Lipinski definition) is 3. The van der Waals surface area contributed by atoms with Gasteiger partial charge in [0.1, 0.15) is 0 Å². The molecule has 4 aliphatic rings. The maximum atomic E-state index is 13.2. The number of amides is 2. The molecule has 4 heterocycles. The molecule has 5 rings (SSSR count). The summed E-state index contributed by atoms with van der Waals surface area (Å²) in [5, 5.41) is 0. The summed E-state index contributed by atoms with van der Waals surface area (Å²) in [4.78, 5) is 31.5. The zero-order valence-electron chi connectivity index (χ0n) is 17.1. The second kappa shape index (κ2) is 8.08. The van der Waals surface area contributed by atoms with Crippen LogP contribution in [-0.4, -0.2) is 60.4 Å². The molecule has 0 saturated carbocycles. The molecule has 1 aromatic carbocycles. The molecular formula is C23H31N3O2. The molecule has 2 atom stereocenters. The van der Waals surface area contributed by atoms with Crippen LogP contribution in [0.2, 0.25) is 0 Å². The van der Waals surface area contributed by atoms with Crippen LogP contribution in [0, 0.1) is 5.92 Å². The first-order chi connectivity index (χ1) is 13.5. The Bertz CT molecular complexity index is 767. The van der Waals surface area contributed by atoms with Crippen LogP contribution in [0.15, 0.2) is 35.9 Å². The van der Waals surface area contributed by atoms with E-state index < -0.39 is 0 Å². The predicted octanol–water partition coefficient (Wildman–Crippen LogP) is 3.32. The summed E-state index contributed by atoms with van der Waals surface area (Å²) in [7, 11) is 0. The predicted molar refractivity (Wildman–Crippen MR) is 111 cm³/mol. The molecule has 4 aliphatic heterocycles. The lowest BCUT2D eigenvalue weighted by Gasteiger charge is -2.35. The first kappa shape index (κ1) is 19.2. The Labute approximate surface area is 168 Å². The number of fused-ring (bicyclic) bond motifs is 4. The van der Waals surface area contributed by atoms with Gasteiger partial charge in [0.2, 0.25) is 5.91 Å². The Morgan fingerprint density at radius 3 is 2.57 bits per heavy atom. The van der Waals surface area contributed by atoms with E-state index in [1.165, 1.54) is 18.4 Å². The summed E-state index contributed by atoms with van der Waals surface area (Å²) < 4.78 is 0. The highest BCUT2D eigenvalue weighted by atomic mass is 16.2. The zero-order chi connectivity index (χ0) is 19.7. The first-order valence-electron chi connectivity index (χ1n) is 10.6. The number of nitrogens with zero attached hydrogens (tertiary/aromatic N) is 3. The molecule has 150 valence electrons. The van der Waals surface area contributed by atoms with E-state index in [2.05, 4.69) is 29.7 Å². The largest absolute Gasteiger partial charge is 0.337 e. The molecule has 2 amide bonds. The molecule has 0 aromatic heterocycles. The molecule has 1 aromatic rings. The maximum absolute atomic E-state index is 13.2. The highest BCUT2D eigenvalue weighted by Gasteiger charge is 2.36. The fourth-order valence-electron chi connectivity index (χ4n) is 4.76. The van der Waals surface area contributed by atoms with Crippen molar-refractivity contribution in [3.63, 3.8) is 0 Å². The normalized spacial score (nSPS) is 25.1. The number of piperidine rings is 1. The zero-order valence-corrected chi connectivity index (χ0v) is 17.1. The van der Waals surface area contributed by atoms with Crippen molar-refractivity contribution in [2.45, 2.75) is 45.6 Å². The number of hydrogen-bond donors (Lipinski definition) is 0. The van der Waals surface area contributed by atoms with Crippen molar-refractivity contribution in [1.82, 2.24) is 9.80 Å². The van der Waals surface area contributed by atoms with Crippen molar-refractivity contribution >= 4 is 17.5 Å². The van der Waals surface area contributed by atoms with Gasteiger partial charge >= 0.3 is 0 Å². The average molecular weight is 382 g/mol. The van der Waals surface area contributed by atoms with Crippen molar-refractivity contribution in [1.29, 1.82) is 0 Å². The number of anilines is 1. The molecule has 28 heavy (non-hydrogen) atoms. The Morgan fingerprint density at radius 2 is 1.89 bits per heavy atom. The van der Waals surface area contributed by atoms with Crippen LogP contribution < -0.4 is 4.90 Å². The molecule has 0 spiro atoms. The van der Waals surface area contributed by atoms with Crippen LogP contribution in [0.1, 0.15) is 49.9 Å². The van der Waals surface area contributed by atoms with E-state index in [-0.39, 0.29) is 11.8 Å². The van der Waals surface area contributed by atoms with Gasteiger partial charge in [0.25, 0.3) is 5.91 Å². The molecule has 0 aliphatic carbocycles. The molecule has 4 saturated heterocycles. The van der Waals surface area contributed by atoms with E-state index >= 15 is 0 Å². The molecule has 0 N–H and O–H groups in total. The van der Waals surface area contributed by atoms with Crippen LogP contribution in [0.5, 0.6) is 0 Å². The summed E-state index contributed by atoms with van der Waals surface area (Å²) in [6.45, 7) is 8.82. The Hall–Kier alpha value is -2.14. The molecule has 0 radical (unpaired) electrons. The summed E-state index contributed by atoms with van der Waals surface area (Å²) >= 11 is 0. The van der Waals surface area contributed by atoms with Crippen molar-refractivity contribution in [2.75, 3.05) is 37.6 Å². The van der Waals surface area contributed by atoms with Crippen LogP contribution in [0.25, 0.3) is 0 Å². The minimum atomic E-state index is 0.125. The van der Waals surface area contributed by atoms with Gasteiger partial charge in [0.05, 0.1) is 0 Å². The Balaban J connectivity index is 1.45. The second-order valence-electron chi connectivity index (χ2n) is 8.74. The third-order valence-corrected chi connectivity index (χ3v) is 6.35. The SMILES string of the molecule is CC(C)=CCN1C[C@@H]2CC[C@H]1CN(C(=O)c1ccc(N3CCCC3=O)cc1)C2. The van der Waals surface area contributed by atoms with Crippen LogP contribution in [0.4, 0.5) is 5.69 Å². The molecular weight excluding hydrogens is 350 g/mol. The molecule has 2 bridgehead atoms. The number of rotatable bonds is 4. The topological polar surface area (TPSA) is 43.9 Å². The minimum absolute atomic E-state index is 0.125. The first-order valence-corrected chi connectivity index (χ1v) is 10.6. The lowest BCUT2D eigenvalue weighted by atomic mass is 9.95. The van der Waals surface area contributed by atoms with Gasteiger partial charge in [-0.15, -0.1) is 0 Å². The maximum Gasteiger partial charge on any atom is 0.253 e. The molecule has 5 nitrogen and oxygen atoms in total. The average Bonchev–Trinajstić information content (AvgIpc) is 2.92. The van der Waals surface area contributed by atoms with Crippen LogP contribution in [-0.2, 0) is 4.79 Å². The van der Waals surface area contributed by atoms with E-state index in [0.717, 1.165) is 50.4 Å². The Morgan fingerprint density at radius 1 is 1.11 bits per heavy atom. The minimum Gasteiger partial charge on any atom is -0.337 e. The van der Waals surface area contributed by atoms with Crippen molar-refractivity contribution in [3.05, 3.63) is 41.5 Å². The van der Waals surface area contributed by atoms with Gasteiger partial charge in [-0.3, -0.25) is 14.5 Å². The quantitative estimate of drug-likeness (QED) is 0.752. The number of benzene rings is 1. The number of allylic oxidation sites excluding steroid dienone is 1. The standard InChI is InChI=1S/C23H31N3O2/c1-17(2)11-13-24-14-18-5-8-21(24)16-25(15-18)23(28)19-6-9-20(10-7-19)26-12-3-4-22(26)27/h6-7,9-11,18,21H,3-5,8,12-16H2,1-2H3/t18-,21-/m0/s1. The lowest BCUT2D eigenvalue weighted by Crippen LogP contribution is -2.44. The highest BCUT2D eigenvalue weighted by Crippen LogP contribution is 2.29. The number of carbonyl (C=O) groups is 2. The van der Waals surface area contributed by atoms with Gasteiger partial charge < -0.3 is 9.80 Å². The summed E-state index contributed by atoms with van der Waals surface area (Å²) in [5.41, 5.74) is 2.99. The van der Waals surface area contributed by atoms with Gasteiger partial charge in [-0.1, -0.05) is 11.6 Å². The van der Waals surface area contributed by atoms with Crippen LogP contribution >= 0.6 is 0 Å². The van der Waals surface area contributed by atoms with E-state index in [1.807, 2.05) is 29.2 Å². The van der Waals surface area contributed by atoms with Gasteiger partial charge in [-0.05, 0) is 63.3 Å². The third-order valence-electron chi connectivity index (χ3n) is 6.35. The number of carbonyl (C=O) groups excluding carboxylic acids is 2. The third kappa shape index (κ3) is 4.00. The summed E-state index contributed by atoms with van der Waals surface area (Å²) in [5.74, 6) is 0.870. The van der Waals surface area contributed by atoms with Crippen LogP contribution in [0.3, 0.4) is 0 Å².